The molecule has 0 aliphatic heterocycles. The molecule has 0 bridgehead atoms. The average Bonchev–Trinajstić information content (AvgIpc) is 2.79. The third-order valence-electron chi connectivity index (χ3n) is 4.79. The van der Waals surface area contributed by atoms with E-state index < -0.39 is 49.4 Å². The lowest BCUT2D eigenvalue weighted by Gasteiger charge is -2.19. The number of nitrogens with zero attached hydrogens (tertiary/aromatic N) is 1. The minimum absolute atomic E-state index is 0.148. The molecule has 1 N–H and O–H groups in total. The average molecular weight is 604 g/mol. The molecular weight excluding hydrogens is 591 g/mol. The van der Waals surface area contributed by atoms with Gasteiger partial charge in [-0.3, -0.25) is 4.55 Å². The quantitative estimate of drug-likeness (QED) is 0.173. The first-order chi connectivity index (χ1) is 16.9. The van der Waals surface area contributed by atoms with Crippen LogP contribution in [0.1, 0.15) is 5.56 Å². The van der Waals surface area contributed by atoms with Gasteiger partial charge in [-0.1, -0.05) is 34.1 Å². The van der Waals surface area contributed by atoms with Gasteiger partial charge in [0, 0.05) is 9.86 Å². The summed E-state index contributed by atoms with van der Waals surface area (Å²) >= 11 is 0.567. The largest absolute Gasteiger partial charge is 0.417 e. The summed E-state index contributed by atoms with van der Waals surface area (Å²) in [7, 11) is -4.60. The lowest BCUT2D eigenvalue weighted by atomic mass is 10.2. The number of fused-ring (bicyclic) bond motifs is 1. The van der Waals surface area contributed by atoms with Crippen LogP contribution in [0.25, 0.3) is 11.0 Å². The van der Waals surface area contributed by atoms with Crippen molar-refractivity contribution < 1.29 is 39.0 Å². The van der Waals surface area contributed by atoms with E-state index in [1.165, 1.54) is 36.4 Å². The van der Waals surface area contributed by atoms with E-state index in [2.05, 4.69) is 15.9 Å². The fourth-order valence-corrected chi connectivity index (χ4v) is 5.12. The fraction of sp³-hybridized carbons (Fsp3) is 0.0455. The maximum Gasteiger partial charge on any atom is 0.416 e. The Balaban J connectivity index is 1.75. The summed E-state index contributed by atoms with van der Waals surface area (Å²) in [5.74, 6) is -0.407. The second kappa shape index (κ2) is 9.69. The Morgan fingerprint density at radius 3 is 2.28 bits per heavy atom. The van der Waals surface area contributed by atoms with Gasteiger partial charge in [-0.25, -0.2) is 13.3 Å². The topological polar surface area (TPSA) is 114 Å². The van der Waals surface area contributed by atoms with Crippen molar-refractivity contribution in [3.05, 3.63) is 93.3 Å². The summed E-state index contributed by atoms with van der Waals surface area (Å²) in [6.07, 6.45) is -4.65. The summed E-state index contributed by atoms with van der Waals surface area (Å²) in [4.78, 5) is 12.2. The molecule has 0 amide bonds. The summed E-state index contributed by atoms with van der Waals surface area (Å²) in [6, 6.07) is 14.1. The summed E-state index contributed by atoms with van der Waals surface area (Å²) < 4.78 is 97.3. The van der Waals surface area contributed by atoms with Gasteiger partial charge in [-0.2, -0.15) is 21.6 Å². The van der Waals surface area contributed by atoms with Crippen LogP contribution in [-0.4, -0.2) is 17.2 Å². The van der Waals surface area contributed by atoms with Crippen molar-refractivity contribution in [3.8, 4) is 5.75 Å². The smallest absolute Gasteiger partial charge is 0.416 e. The number of hydrogen-bond acceptors (Lipinski definition) is 6. The number of anilines is 2. The van der Waals surface area contributed by atoms with Crippen LogP contribution in [0.5, 0.6) is 5.75 Å². The second-order valence-corrected chi connectivity index (χ2v) is 10.4. The molecule has 3 aromatic carbocycles. The van der Waals surface area contributed by atoms with E-state index in [9.17, 15) is 35.1 Å². The highest BCUT2D eigenvalue weighted by atomic mass is 79.9. The molecule has 4 aromatic rings. The molecule has 1 atom stereocenters. The zero-order valence-electron chi connectivity index (χ0n) is 17.6. The standard InChI is InChI=1S/C22H13BrF3NO7S2/c23-15-4-2-5-16(12-15)27(35(29)30)18-11-13-3-1-6-19(20(13)33-21(18)28)34-36(31,32)17-9-7-14(8-10-17)22(24,25)26/h1-12H,(H,29,30). The summed E-state index contributed by atoms with van der Waals surface area (Å²) in [6.45, 7) is 0. The van der Waals surface area contributed by atoms with Crippen LogP contribution in [0.4, 0.5) is 24.5 Å². The number of hydrogen-bond donors (Lipinski definition) is 1. The maximum absolute atomic E-state index is 12.8. The molecule has 14 heteroatoms. The molecule has 8 nitrogen and oxygen atoms in total. The van der Waals surface area contributed by atoms with E-state index in [-0.39, 0.29) is 22.3 Å². The van der Waals surface area contributed by atoms with Crippen molar-refractivity contribution in [1.29, 1.82) is 0 Å². The van der Waals surface area contributed by atoms with Crippen molar-refractivity contribution in [2.24, 2.45) is 0 Å². The molecule has 0 fully saturated rings. The van der Waals surface area contributed by atoms with Crippen LogP contribution < -0.4 is 14.1 Å². The molecule has 188 valence electrons. The molecule has 1 unspecified atom stereocenters. The lowest BCUT2D eigenvalue weighted by Crippen LogP contribution is -2.24. The predicted molar refractivity (Wildman–Crippen MR) is 129 cm³/mol. The second-order valence-electron chi connectivity index (χ2n) is 7.16. The van der Waals surface area contributed by atoms with E-state index in [1.807, 2.05) is 0 Å². The molecule has 0 spiro atoms. The van der Waals surface area contributed by atoms with Crippen molar-refractivity contribution in [1.82, 2.24) is 0 Å². The number of alkyl halides is 3. The van der Waals surface area contributed by atoms with Gasteiger partial charge in [0.2, 0.25) is 0 Å². The highest BCUT2D eigenvalue weighted by Crippen LogP contribution is 2.34. The molecular formula is C22H13BrF3NO7S2. The summed E-state index contributed by atoms with van der Waals surface area (Å²) in [5, 5.41) is 0.148. The zero-order chi connectivity index (χ0) is 26.3. The van der Waals surface area contributed by atoms with Gasteiger partial charge in [0.05, 0.1) is 11.3 Å². The lowest BCUT2D eigenvalue weighted by molar-refractivity contribution is -0.137. The minimum atomic E-state index is -4.65. The molecule has 0 aliphatic rings. The molecule has 0 aliphatic carbocycles. The molecule has 4 rings (SSSR count). The zero-order valence-corrected chi connectivity index (χ0v) is 20.8. The number of benzene rings is 3. The van der Waals surface area contributed by atoms with E-state index in [0.29, 0.717) is 16.6 Å². The Kier molecular flexibility index (Phi) is 6.96. The first kappa shape index (κ1) is 25.9. The fourth-order valence-electron chi connectivity index (χ4n) is 3.21. The molecule has 0 saturated heterocycles. The van der Waals surface area contributed by atoms with Crippen LogP contribution in [0, 0.1) is 0 Å². The summed E-state index contributed by atoms with van der Waals surface area (Å²) in [5.41, 5.74) is -2.53. The molecule has 1 heterocycles. The first-order valence-corrected chi connectivity index (χ1v) is 13.0. The van der Waals surface area contributed by atoms with Gasteiger partial charge in [0.1, 0.15) is 10.6 Å². The van der Waals surface area contributed by atoms with Gasteiger partial charge >= 0.3 is 21.9 Å². The van der Waals surface area contributed by atoms with Crippen LogP contribution in [0.15, 0.2) is 91.4 Å². The van der Waals surface area contributed by atoms with Crippen molar-refractivity contribution >= 4 is 59.7 Å². The number of para-hydroxylation sites is 1. The SMILES string of the molecule is O=c1oc2c(OS(=O)(=O)c3ccc(C(F)(F)F)cc3)cccc2cc1N(c1cccc(Br)c1)S(=O)O. The van der Waals surface area contributed by atoms with E-state index in [4.69, 9.17) is 8.60 Å². The van der Waals surface area contributed by atoms with E-state index in [0.717, 1.165) is 16.4 Å². The highest BCUT2D eigenvalue weighted by molar-refractivity contribution is 9.10. The number of halogens is 4. The van der Waals surface area contributed by atoms with Gasteiger partial charge in [-0.05, 0) is 54.6 Å². The Morgan fingerprint density at radius 1 is 1.00 bits per heavy atom. The Bertz CT molecular complexity index is 1640. The van der Waals surface area contributed by atoms with Crippen LogP contribution in [0.2, 0.25) is 0 Å². The molecule has 0 radical (unpaired) electrons. The van der Waals surface area contributed by atoms with Crippen LogP contribution in [-0.2, 0) is 27.6 Å². The normalized spacial score (nSPS) is 12.9. The van der Waals surface area contributed by atoms with Gasteiger partial charge in [-0.15, -0.1) is 0 Å². The Labute approximate surface area is 212 Å². The van der Waals surface area contributed by atoms with Gasteiger partial charge in [0.15, 0.2) is 11.3 Å². The van der Waals surface area contributed by atoms with Crippen molar-refractivity contribution in [2.75, 3.05) is 4.31 Å². The third kappa shape index (κ3) is 5.31. The molecule has 1 aromatic heterocycles. The molecule has 0 saturated carbocycles. The molecule has 36 heavy (non-hydrogen) atoms. The maximum atomic E-state index is 12.8. The van der Waals surface area contributed by atoms with Crippen molar-refractivity contribution in [2.45, 2.75) is 11.1 Å². The number of rotatable bonds is 6. The predicted octanol–water partition coefficient (Wildman–Crippen LogP) is 5.62. The Hall–Kier alpha value is -3.20. The van der Waals surface area contributed by atoms with Crippen LogP contribution in [0.3, 0.4) is 0 Å². The third-order valence-corrected chi connectivity index (χ3v) is 7.25. The van der Waals surface area contributed by atoms with E-state index >= 15 is 0 Å². The highest BCUT2D eigenvalue weighted by Gasteiger charge is 2.31. The van der Waals surface area contributed by atoms with Gasteiger partial charge < -0.3 is 8.60 Å². The Morgan fingerprint density at radius 2 is 1.67 bits per heavy atom. The van der Waals surface area contributed by atoms with Crippen LogP contribution >= 0.6 is 15.9 Å². The van der Waals surface area contributed by atoms with E-state index in [1.54, 1.807) is 12.1 Å². The first-order valence-electron chi connectivity index (χ1n) is 9.72. The minimum Gasteiger partial charge on any atom is -0.417 e. The monoisotopic (exact) mass is 603 g/mol. The van der Waals surface area contributed by atoms with Gasteiger partial charge in [0.25, 0.3) is 11.3 Å². The van der Waals surface area contributed by atoms with Crippen molar-refractivity contribution in [3.63, 3.8) is 0 Å².